The number of carbonyl (C=O) groups is 2. The van der Waals surface area contributed by atoms with E-state index >= 15 is 0 Å². The Kier molecular flexibility index (Phi) is 8.31. The summed E-state index contributed by atoms with van der Waals surface area (Å²) in [6.07, 6.45) is 1.47. The minimum absolute atomic E-state index is 0.183. The standard InChI is InChI=1S/C28H23BrN2O5/c1-2-34-26-14-19(8-13-25(26)36-28(33)20-6-4-3-5-7-20)17-30-31-27(32)18-35-24-12-10-21-15-23(29)11-9-22(21)16-24/h3-17H,2,18H2,1H3,(H,31,32)/b30-17-. The third-order valence-corrected chi connectivity index (χ3v) is 5.52. The molecule has 1 amide bonds. The summed E-state index contributed by atoms with van der Waals surface area (Å²) in [6, 6.07) is 25.3. The van der Waals surface area contributed by atoms with Gasteiger partial charge >= 0.3 is 5.97 Å². The third kappa shape index (κ3) is 6.70. The van der Waals surface area contributed by atoms with Crippen molar-refractivity contribution in [2.75, 3.05) is 13.2 Å². The molecule has 0 aliphatic heterocycles. The summed E-state index contributed by atoms with van der Waals surface area (Å²) in [4.78, 5) is 24.5. The van der Waals surface area contributed by atoms with Crippen LogP contribution in [0.2, 0.25) is 0 Å². The van der Waals surface area contributed by atoms with Crippen molar-refractivity contribution in [1.82, 2.24) is 5.43 Å². The average Bonchev–Trinajstić information content (AvgIpc) is 2.89. The van der Waals surface area contributed by atoms with E-state index in [1.807, 2.05) is 49.4 Å². The van der Waals surface area contributed by atoms with Gasteiger partial charge in [-0.25, -0.2) is 10.2 Å². The molecule has 4 aromatic rings. The lowest BCUT2D eigenvalue weighted by molar-refractivity contribution is -0.123. The fourth-order valence-corrected chi connectivity index (χ4v) is 3.71. The Morgan fingerprint density at radius 3 is 2.47 bits per heavy atom. The molecule has 36 heavy (non-hydrogen) atoms. The maximum atomic E-state index is 12.4. The largest absolute Gasteiger partial charge is 0.490 e. The number of ether oxygens (including phenoxy) is 3. The first-order valence-corrected chi connectivity index (χ1v) is 12.0. The highest BCUT2D eigenvalue weighted by atomic mass is 79.9. The molecule has 1 N–H and O–H groups in total. The van der Waals surface area contributed by atoms with Gasteiger partial charge in [0.05, 0.1) is 18.4 Å². The van der Waals surface area contributed by atoms with Gasteiger partial charge in [0, 0.05) is 4.47 Å². The van der Waals surface area contributed by atoms with E-state index in [9.17, 15) is 9.59 Å². The van der Waals surface area contributed by atoms with Gasteiger partial charge in [-0.1, -0.05) is 46.3 Å². The number of carbonyl (C=O) groups excluding carboxylic acids is 2. The Balaban J connectivity index is 1.33. The second-order valence-corrected chi connectivity index (χ2v) is 8.55. The number of nitrogens with one attached hydrogen (secondary N) is 1. The minimum atomic E-state index is -0.482. The van der Waals surface area contributed by atoms with Crippen LogP contribution >= 0.6 is 15.9 Å². The zero-order chi connectivity index (χ0) is 25.3. The molecule has 182 valence electrons. The van der Waals surface area contributed by atoms with Crippen molar-refractivity contribution in [2.24, 2.45) is 5.10 Å². The second kappa shape index (κ2) is 12.0. The van der Waals surface area contributed by atoms with Crippen LogP contribution in [0.25, 0.3) is 10.8 Å². The molecule has 4 rings (SSSR count). The molecule has 0 saturated carbocycles. The van der Waals surface area contributed by atoms with Crippen LogP contribution in [0, 0.1) is 0 Å². The summed E-state index contributed by atoms with van der Waals surface area (Å²) in [5, 5.41) is 6.06. The molecule has 8 heteroatoms. The Morgan fingerprint density at radius 1 is 0.889 bits per heavy atom. The molecule has 0 radical (unpaired) electrons. The lowest BCUT2D eigenvalue weighted by atomic mass is 10.1. The summed E-state index contributed by atoms with van der Waals surface area (Å²) >= 11 is 3.45. The van der Waals surface area contributed by atoms with Crippen molar-refractivity contribution in [1.29, 1.82) is 0 Å². The van der Waals surface area contributed by atoms with E-state index in [0.717, 1.165) is 15.2 Å². The number of fused-ring (bicyclic) bond motifs is 1. The van der Waals surface area contributed by atoms with Gasteiger partial charge in [-0.3, -0.25) is 4.79 Å². The molecule has 0 aliphatic carbocycles. The van der Waals surface area contributed by atoms with Crippen molar-refractivity contribution in [3.05, 3.63) is 101 Å². The van der Waals surface area contributed by atoms with Crippen LogP contribution < -0.4 is 19.6 Å². The predicted octanol–water partition coefficient (Wildman–Crippen LogP) is 5.75. The van der Waals surface area contributed by atoms with Crippen LogP contribution in [0.5, 0.6) is 17.2 Å². The SMILES string of the molecule is CCOc1cc(/C=N\NC(=O)COc2ccc3cc(Br)ccc3c2)ccc1OC(=O)c1ccccc1. The number of hydrogen-bond donors (Lipinski definition) is 1. The van der Waals surface area contributed by atoms with Crippen LogP contribution in [-0.2, 0) is 4.79 Å². The van der Waals surface area contributed by atoms with Gasteiger partial charge in [0.15, 0.2) is 18.1 Å². The molecule has 0 aliphatic rings. The quantitative estimate of drug-likeness (QED) is 0.125. The molecular weight excluding hydrogens is 524 g/mol. The number of hydrogen-bond acceptors (Lipinski definition) is 6. The Morgan fingerprint density at radius 2 is 1.67 bits per heavy atom. The Labute approximate surface area is 216 Å². The molecule has 0 aromatic heterocycles. The average molecular weight is 547 g/mol. The third-order valence-electron chi connectivity index (χ3n) is 5.03. The molecule has 0 fully saturated rings. The van der Waals surface area contributed by atoms with Gasteiger partial charge < -0.3 is 14.2 Å². The Hall–Kier alpha value is -4.17. The van der Waals surface area contributed by atoms with Crippen molar-refractivity contribution >= 4 is 44.8 Å². The summed E-state index contributed by atoms with van der Waals surface area (Å²) in [7, 11) is 0. The van der Waals surface area contributed by atoms with Crippen LogP contribution in [0.15, 0.2) is 94.5 Å². The first kappa shape index (κ1) is 24.9. The number of rotatable bonds is 9. The number of halogens is 1. The molecule has 0 spiro atoms. The Bertz CT molecular complexity index is 1410. The zero-order valence-electron chi connectivity index (χ0n) is 19.4. The maximum absolute atomic E-state index is 12.4. The van der Waals surface area contributed by atoms with Gasteiger partial charge in [-0.2, -0.15) is 5.10 Å². The van der Waals surface area contributed by atoms with Crippen molar-refractivity contribution in [3.63, 3.8) is 0 Å². The smallest absolute Gasteiger partial charge is 0.343 e. The summed E-state index contributed by atoms with van der Waals surface area (Å²) in [6.45, 7) is 2.03. The van der Waals surface area contributed by atoms with E-state index in [4.69, 9.17) is 14.2 Å². The molecular formula is C28H23BrN2O5. The fraction of sp³-hybridized carbons (Fsp3) is 0.107. The van der Waals surface area contributed by atoms with Crippen LogP contribution in [0.3, 0.4) is 0 Å². The first-order valence-electron chi connectivity index (χ1n) is 11.2. The lowest BCUT2D eigenvalue weighted by Gasteiger charge is -2.11. The van der Waals surface area contributed by atoms with Crippen LogP contribution in [0.4, 0.5) is 0 Å². The minimum Gasteiger partial charge on any atom is -0.490 e. The predicted molar refractivity (Wildman–Crippen MR) is 142 cm³/mol. The van der Waals surface area contributed by atoms with Crippen molar-refractivity contribution in [2.45, 2.75) is 6.92 Å². The van der Waals surface area contributed by atoms with E-state index < -0.39 is 11.9 Å². The zero-order valence-corrected chi connectivity index (χ0v) is 21.0. The van der Waals surface area contributed by atoms with Gasteiger partial charge in [-0.05, 0) is 77.9 Å². The molecule has 0 saturated heterocycles. The van der Waals surface area contributed by atoms with Gasteiger partial charge in [0.2, 0.25) is 0 Å². The number of benzene rings is 4. The topological polar surface area (TPSA) is 86.2 Å². The molecule has 0 heterocycles. The van der Waals surface area contributed by atoms with E-state index in [0.29, 0.717) is 35.0 Å². The molecule has 0 unspecified atom stereocenters. The second-order valence-electron chi connectivity index (χ2n) is 7.63. The summed E-state index contributed by atoms with van der Waals surface area (Å²) in [5.41, 5.74) is 3.53. The van der Waals surface area contributed by atoms with E-state index in [2.05, 4.69) is 26.5 Å². The van der Waals surface area contributed by atoms with Crippen molar-refractivity contribution < 1.29 is 23.8 Å². The van der Waals surface area contributed by atoms with E-state index in [-0.39, 0.29) is 6.61 Å². The molecule has 0 bridgehead atoms. The number of esters is 1. The highest BCUT2D eigenvalue weighted by Crippen LogP contribution is 2.29. The van der Waals surface area contributed by atoms with Crippen LogP contribution in [0.1, 0.15) is 22.8 Å². The maximum Gasteiger partial charge on any atom is 0.343 e. The highest BCUT2D eigenvalue weighted by molar-refractivity contribution is 9.10. The molecule has 4 aromatic carbocycles. The molecule has 0 atom stereocenters. The van der Waals surface area contributed by atoms with Gasteiger partial charge in [-0.15, -0.1) is 0 Å². The van der Waals surface area contributed by atoms with Gasteiger partial charge in [0.1, 0.15) is 5.75 Å². The van der Waals surface area contributed by atoms with E-state index in [1.165, 1.54) is 6.21 Å². The fourth-order valence-electron chi connectivity index (χ4n) is 3.34. The monoisotopic (exact) mass is 546 g/mol. The number of nitrogens with zero attached hydrogens (tertiary/aromatic N) is 1. The normalized spacial score (nSPS) is 10.8. The van der Waals surface area contributed by atoms with Gasteiger partial charge in [0.25, 0.3) is 5.91 Å². The van der Waals surface area contributed by atoms with Crippen molar-refractivity contribution in [3.8, 4) is 17.2 Å². The lowest BCUT2D eigenvalue weighted by Crippen LogP contribution is -2.24. The van der Waals surface area contributed by atoms with Crippen LogP contribution in [-0.4, -0.2) is 31.3 Å². The summed E-state index contributed by atoms with van der Waals surface area (Å²) < 4.78 is 17.7. The molecule has 7 nitrogen and oxygen atoms in total. The highest BCUT2D eigenvalue weighted by Gasteiger charge is 2.13. The van der Waals surface area contributed by atoms with E-state index in [1.54, 1.807) is 42.5 Å². The first-order chi connectivity index (χ1) is 17.5. The number of amides is 1. The summed E-state index contributed by atoms with van der Waals surface area (Å²) in [5.74, 6) is 0.391. The number of hydrazone groups is 1.